The Balaban J connectivity index is 1.41. The topological polar surface area (TPSA) is 62.5 Å². The van der Waals surface area contributed by atoms with E-state index in [1.54, 1.807) is 37.2 Å². The van der Waals surface area contributed by atoms with Crippen LogP contribution in [-0.4, -0.2) is 30.3 Å². The fraction of sp³-hybridized carbons (Fsp3) is 0.200. The van der Waals surface area contributed by atoms with E-state index in [2.05, 4.69) is 20.6 Å². The van der Waals surface area contributed by atoms with Crippen LogP contribution in [0.1, 0.15) is 5.69 Å². The summed E-state index contributed by atoms with van der Waals surface area (Å²) in [5.74, 6) is 1.92. The molecule has 0 aliphatic rings. The number of benzene rings is 2. The van der Waals surface area contributed by atoms with E-state index < -0.39 is 0 Å². The second-order valence-corrected chi connectivity index (χ2v) is 6.83. The number of nitrogens with zero attached hydrogens (tertiary/aromatic N) is 2. The number of hydrogen-bond acceptors (Lipinski definition) is 4. The molecule has 27 heavy (non-hydrogen) atoms. The van der Waals surface area contributed by atoms with Gasteiger partial charge < -0.3 is 15.1 Å². The van der Waals surface area contributed by atoms with E-state index in [9.17, 15) is 4.39 Å². The molecule has 0 unspecified atom stereocenters. The largest absolute Gasteiger partial charge is 0.444 e. The monoisotopic (exact) mass is 384 g/mol. The highest BCUT2D eigenvalue weighted by molar-refractivity contribution is 7.99. The van der Waals surface area contributed by atoms with Crippen LogP contribution in [0.25, 0.3) is 11.5 Å². The van der Waals surface area contributed by atoms with E-state index in [-0.39, 0.29) is 5.82 Å². The summed E-state index contributed by atoms with van der Waals surface area (Å²) in [6.07, 6.45) is 1.65. The molecule has 3 rings (SSSR count). The van der Waals surface area contributed by atoms with Gasteiger partial charge in [0.1, 0.15) is 12.1 Å². The minimum atomic E-state index is -0.217. The summed E-state index contributed by atoms with van der Waals surface area (Å²) in [6, 6.07) is 16.3. The van der Waals surface area contributed by atoms with Gasteiger partial charge in [0.15, 0.2) is 5.96 Å². The molecule has 2 aromatic carbocycles. The van der Waals surface area contributed by atoms with Crippen LogP contribution in [0.2, 0.25) is 0 Å². The lowest BCUT2D eigenvalue weighted by molar-refractivity contribution is 0.572. The van der Waals surface area contributed by atoms with E-state index in [1.165, 1.54) is 12.1 Å². The Kier molecular flexibility index (Phi) is 6.87. The summed E-state index contributed by atoms with van der Waals surface area (Å²) < 4.78 is 18.4. The van der Waals surface area contributed by atoms with Gasteiger partial charge >= 0.3 is 0 Å². The molecule has 0 radical (unpaired) electrons. The van der Waals surface area contributed by atoms with Gasteiger partial charge in [-0.2, -0.15) is 0 Å². The number of nitrogens with one attached hydrogen (secondary N) is 2. The Morgan fingerprint density at radius 3 is 2.63 bits per heavy atom. The number of aromatic nitrogens is 1. The van der Waals surface area contributed by atoms with Crippen molar-refractivity contribution in [2.75, 3.05) is 19.3 Å². The average Bonchev–Trinajstić information content (AvgIpc) is 3.18. The average molecular weight is 384 g/mol. The van der Waals surface area contributed by atoms with Crippen LogP contribution in [0.15, 0.2) is 75.2 Å². The number of oxazole rings is 1. The summed E-state index contributed by atoms with van der Waals surface area (Å²) in [4.78, 5) is 9.72. The van der Waals surface area contributed by atoms with E-state index in [0.29, 0.717) is 18.4 Å². The molecule has 2 N–H and O–H groups in total. The predicted molar refractivity (Wildman–Crippen MR) is 107 cm³/mol. The third-order valence-electron chi connectivity index (χ3n) is 3.71. The molecule has 140 valence electrons. The normalized spacial score (nSPS) is 11.4. The standard InChI is InChI=1S/C20H21FN4OS/c1-22-20(23-11-12-27-18-9-7-16(21)8-10-18)24-13-17-14-26-19(25-17)15-5-3-2-4-6-15/h2-10,14H,11-13H2,1H3,(H2,22,23,24). The zero-order chi connectivity index (χ0) is 18.9. The van der Waals surface area contributed by atoms with Crippen molar-refractivity contribution in [3.05, 3.63) is 72.4 Å². The number of rotatable bonds is 7. The lowest BCUT2D eigenvalue weighted by atomic mass is 10.2. The molecule has 1 heterocycles. The molecule has 0 atom stereocenters. The molecule has 5 nitrogen and oxygen atoms in total. The predicted octanol–water partition coefficient (Wildman–Crippen LogP) is 3.94. The summed E-state index contributed by atoms with van der Waals surface area (Å²) in [5.41, 5.74) is 1.75. The third kappa shape index (κ3) is 5.86. The van der Waals surface area contributed by atoms with Crippen molar-refractivity contribution in [1.29, 1.82) is 0 Å². The quantitative estimate of drug-likeness (QED) is 0.280. The molecule has 7 heteroatoms. The Labute approximate surface area is 162 Å². The molecule has 0 aliphatic carbocycles. The van der Waals surface area contributed by atoms with Crippen LogP contribution in [0.4, 0.5) is 4.39 Å². The van der Waals surface area contributed by atoms with Gasteiger partial charge in [0.05, 0.1) is 12.2 Å². The van der Waals surface area contributed by atoms with Crippen molar-refractivity contribution in [2.45, 2.75) is 11.4 Å². The van der Waals surface area contributed by atoms with Gasteiger partial charge in [-0.15, -0.1) is 11.8 Å². The van der Waals surface area contributed by atoms with Crippen LogP contribution in [0, 0.1) is 5.82 Å². The molecule has 0 spiro atoms. The Bertz CT molecular complexity index is 865. The van der Waals surface area contributed by atoms with Gasteiger partial charge in [-0.3, -0.25) is 4.99 Å². The third-order valence-corrected chi connectivity index (χ3v) is 4.72. The van der Waals surface area contributed by atoms with Gasteiger partial charge in [-0.25, -0.2) is 9.37 Å². The van der Waals surface area contributed by atoms with E-state index >= 15 is 0 Å². The van der Waals surface area contributed by atoms with Crippen LogP contribution < -0.4 is 10.6 Å². The van der Waals surface area contributed by atoms with E-state index in [4.69, 9.17) is 4.42 Å². The Morgan fingerprint density at radius 1 is 1.11 bits per heavy atom. The van der Waals surface area contributed by atoms with Gasteiger partial charge in [0.2, 0.25) is 5.89 Å². The number of aliphatic imine (C=N–C) groups is 1. The molecule has 1 aromatic heterocycles. The molecular formula is C20H21FN4OS. The van der Waals surface area contributed by atoms with Crippen LogP contribution >= 0.6 is 11.8 Å². The highest BCUT2D eigenvalue weighted by atomic mass is 32.2. The molecule has 0 aliphatic heterocycles. The van der Waals surface area contributed by atoms with E-state index in [0.717, 1.165) is 28.5 Å². The lowest BCUT2D eigenvalue weighted by Crippen LogP contribution is -2.38. The van der Waals surface area contributed by atoms with Gasteiger partial charge in [0, 0.05) is 29.8 Å². The minimum absolute atomic E-state index is 0.217. The molecule has 0 amide bonds. The summed E-state index contributed by atoms with van der Waals surface area (Å²) in [6.45, 7) is 1.25. The SMILES string of the molecule is CN=C(NCCSc1ccc(F)cc1)NCc1coc(-c2ccccc2)n1. The number of guanidine groups is 1. The molecule has 3 aromatic rings. The first-order valence-electron chi connectivity index (χ1n) is 8.57. The minimum Gasteiger partial charge on any atom is -0.444 e. The number of halogens is 1. The van der Waals surface area contributed by atoms with Crippen molar-refractivity contribution in [3.63, 3.8) is 0 Å². The van der Waals surface area contributed by atoms with E-state index in [1.807, 2.05) is 30.3 Å². The molecular weight excluding hydrogens is 363 g/mol. The second kappa shape index (κ2) is 9.78. The van der Waals surface area contributed by atoms with Crippen molar-refractivity contribution in [3.8, 4) is 11.5 Å². The Morgan fingerprint density at radius 2 is 1.89 bits per heavy atom. The maximum Gasteiger partial charge on any atom is 0.226 e. The van der Waals surface area contributed by atoms with Crippen molar-refractivity contribution >= 4 is 17.7 Å². The summed E-state index contributed by atoms with van der Waals surface area (Å²) >= 11 is 1.66. The first-order valence-corrected chi connectivity index (χ1v) is 9.56. The molecule has 0 fully saturated rings. The lowest BCUT2D eigenvalue weighted by Gasteiger charge is -2.10. The van der Waals surface area contributed by atoms with Crippen LogP contribution in [0.3, 0.4) is 0 Å². The van der Waals surface area contributed by atoms with Crippen LogP contribution in [-0.2, 0) is 6.54 Å². The van der Waals surface area contributed by atoms with Gasteiger partial charge in [-0.05, 0) is 36.4 Å². The molecule has 0 saturated heterocycles. The number of hydrogen-bond donors (Lipinski definition) is 2. The van der Waals surface area contributed by atoms with Crippen molar-refractivity contribution in [2.24, 2.45) is 4.99 Å². The summed E-state index contributed by atoms with van der Waals surface area (Å²) in [5, 5.41) is 6.46. The van der Waals surface area contributed by atoms with Gasteiger partial charge in [-0.1, -0.05) is 18.2 Å². The van der Waals surface area contributed by atoms with Gasteiger partial charge in [0.25, 0.3) is 0 Å². The zero-order valence-corrected chi connectivity index (χ0v) is 15.8. The highest BCUT2D eigenvalue weighted by Crippen LogP contribution is 2.18. The fourth-order valence-electron chi connectivity index (χ4n) is 2.37. The first kappa shape index (κ1) is 19.0. The Hall–Kier alpha value is -2.80. The maximum absolute atomic E-state index is 12.9. The fourth-order valence-corrected chi connectivity index (χ4v) is 3.13. The first-order chi connectivity index (χ1) is 13.2. The highest BCUT2D eigenvalue weighted by Gasteiger charge is 2.07. The van der Waals surface area contributed by atoms with Crippen LogP contribution in [0.5, 0.6) is 0 Å². The number of thioether (sulfide) groups is 1. The summed E-state index contributed by atoms with van der Waals surface area (Å²) in [7, 11) is 1.72. The smallest absolute Gasteiger partial charge is 0.226 e. The van der Waals surface area contributed by atoms with Crippen molar-refractivity contribution < 1.29 is 8.81 Å². The maximum atomic E-state index is 12.9. The van der Waals surface area contributed by atoms with Crippen molar-refractivity contribution in [1.82, 2.24) is 15.6 Å². The molecule has 0 saturated carbocycles. The second-order valence-electron chi connectivity index (χ2n) is 5.66. The molecule has 0 bridgehead atoms. The zero-order valence-electron chi connectivity index (χ0n) is 15.0.